The van der Waals surface area contributed by atoms with Crippen LogP contribution in [-0.4, -0.2) is 0 Å². The van der Waals surface area contributed by atoms with E-state index in [-0.39, 0.29) is 0 Å². The topological polar surface area (TPSA) is 0 Å². The fraction of sp³-hybridized carbons (Fsp3) is 0.800. The maximum Gasteiger partial charge on any atom is -0.00590 e. The van der Waals surface area contributed by atoms with Crippen molar-refractivity contribution in [2.45, 2.75) is 105 Å². The lowest BCUT2D eigenvalue weighted by atomic mass is 9.93. The van der Waals surface area contributed by atoms with Crippen LogP contribution in [0.25, 0.3) is 0 Å². The first kappa shape index (κ1) is 22.9. The summed E-state index contributed by atoms with van der Waals surface area (Å²) in [6, 6.07) is 0. The lowest BCUT2D eigenvalue weighted by Gasteiger charge is -2.18. The van der Waals surface area contributed by atoms with Gasteiger partial charge >= 0.3 is 0 Å². The molecular weight excluding hydrogens is 494 g/mol. The summed E-state index contributed by atoms with van der Waals surface area (Å²) in [6.07, 6.45) is 15.7. The van der Waals surface area contributed by atoms with Crippen molar-refractivity contribution in [3.63, 3.8) is 0 Å². The van der Waals surface area contributed by atoms with Gasteiger partial charge in [-0.05, 0) is 115 Å². The summed E-state index contributed by atoms with van der Waals surface area (Å²) < 4.78 is 3.29. The number of halogens is 2. The highest BCUT2D eigenvalue weighted by Gasteiger charge is 2.13. The maximum atomic E-state index is 2.65. The molecule has 0 aromatic heterocycles. The van der Waals surface area contributed by atoms with E-state index in [2.05, 4.69) is 72.9 Å². The molecule has 0 saturated heterocycles. The van der Waals surface area contributed by atoms with Crippen LogP contribution in [0.3, 0.4) is 0 Å². The van der Waals surface area contributed by atoms with Crippen LogP contribution >= 0.6 is 45.2 Å². The van der Waals surface area contributed by atoms with Gasteiger partial charge in [0.2, 0.25) is 0 Å². The van der Waals surface area contributed by atoms with E-state index in [1.165, 1.54) is 77.0 Å². The standard InChI is InChI=1S/C20H36I2/c1-5-9-13-17(19(21)15-11-7-3)18(14-10-6-2)20(22)16-12-8-4/h5-16H2,1-4H3. The molecule has 130 valence electrons. The highest BCUT2D eigenvalue weighted by Crippen LogP contribution is 2.36. The minimum atomic E-state index is 1.28. The summed E-state index contributed by atoms with van der Waals surface area (Å²) in [7, 11) is 0. The Hall–Kier alpha value is 0.940. The second-order valence-corrected chi connectivity index (χ2v) is 8.79. The van der Waals surface area contributed by atoms with Gasteiger partial charge in [-0.15, -0.1) is 0 Å². The quantitative estimate of drug-likeness (QED) is 0.165. The molecular formula is C20H36I2. The molecule has 22 heavy (non-hydrogen) atoms. The molecule has 0 radical (unpaired) electrons. The molecule has 0 rings (SSSR count). The number of hydrogen-bond donors (Lipinski definition) is 0. The van der Waals surface area contributed by atoms with Gasteiger partial charge < -0.3 is 0 Å². The third-order valence-electron chi connectivity index (χ3n) is 4.08. The average molecular weight is 530 g/mol. The zero-order valence-electron chi connectivity index (χ0n) is 15.2. The first-order chi connectivity index (χ1) is 10.6. The van der Waals surface area contributed by atoms with Gasteiger partial charge in [-0.25, -0.2) is 0 Å². The van der Waals surface area contributed by atoms with Gasteiger partial charge in [0.05, 0.1) is 0 Å². The lowest BCUT2D eigenvalue weighted by Crippen LogP contribution is -1.98. The number of hydrogen-bond acceptors (Lipinski definition) is 0. The van der Waals surface area contributed by atoms with E-state index in [1.54, 1.807) is 18.3 Å². The van der Waals surface area contributed by atoms with Gasteiger partial charge in [-0.3, -0.25) is 0 Å². The van der Waals surface area contributed by atoms with Crippen LogP contribution in [-0.2, 0) is 0 Å². The molecule has 0 unspecified atom stereocenters. The summed E-state index contributed by atoms with van der Waals surface area (Å²) in [5, 5.41) is 0. The number of allylic oxidation sites excluding steroid dienone is 4. The van der Waals surface area contributed by atoms with Crippen molar-refractivity contribution in [1.29, 1.82) is 0 Å². The van der Waals surface area contributed by atoms with Gasteiger partial charge in [0, 0.05) is 0 Å². The molecule has 0 aliphatic carbocycles. The molecule has 0 nitrogen and oxygen atoms in total. The largest absolute Gasteiger partial charge is 0.0654 e. The van der Waals surface area contributed by atoms with Crippen LogP contribution < -0.4 is 0 Å². The van der Waals surface area contributed by atoms with Crippen LogP contribution in [0.5, 0.6) is 0 Å². The number of rotatable bonds is 13. The molecule has 0 amide bonds. The summed E-state index contributed by atoms with van der Waals surface area (Å²) >= 11 is 5.29. The van der Waals surface area contributed by atoms with E-state index in [9.17, 15) is 0 Å². The van der Waals surface area contributed by atoms with Crippen molar-refractivity contribution in [1.82, 2.24) is 0 Å². The summed E-state index contributed by atoms with van der Waals surface area (Å²) in [5.41, 5.74) is 3.43. The van der Waals surface area contributed by atoms with E-state index in [1.807, 2.05) is 0 Å². The van der Waals surface area contributed by atoms with Crippen molar-refractivity contribution in [3.8, 4) is 0 Å². The van der Waals surface area contributed by atoms with Crippen molar-refractivity contribution < 1.29 is 0 Å². The summed E-state index contributed by atoms with van der Waals surface area (Å²) in [4.78, 5) is 0. The molecule has 0 N–H and O–H groups in total. The molecule has 0 spiro atoms. The van der Waals surface area contributed by atoms with E-state index >= 15 is 0 Å². The fourth-order valence-corrected chi connectivity index (χ4v) is 4.53. The molecule has 0 aromatic carbocycles. The highest BCUT2D eigenvalue weighted by molar-refractivity contribution is 14.1. The Morgan fingerprint density at radius 2 is 0.773 bits per heavy atom. The van der Waals surface area contributed by atoms with E-state index in [4.69, 9.17) is 0 Å². The SMILES string of the molecule is CCCCC(I)=C(CCCC)C(CCCC)=C(I)CCCC. The molecule has 0 atom stereocenters. The first-order valence-electron chi connectivity index (χ1n) is 9.37. The Bertz CT molecular complexity index is 306. The molecule has 0 aliphatic heterocycles. The predicted molar refractivity (Wildman–Crippen MR) is 120 cm³/mol. The smallest absolute Gasteiger partial charge is 0.00590 e. The third-order valence-corrected chi connectivity index (χ3v) is 6.46. The zero-order chi connectivity index (χ0) is 16.8. The maximum absolute atomic E-state index is 2.65. The second kappa shape index (κ2) is 15.5. The Morgan fingerprint density at radius 1 is 0.500 bits per heavy atom. The molecule has 0 heterocycles. The molecule has 0 aliphatic rings. The lowest BCUT2D eigenvalue weighted by molar-refractivity contribution is 0.731. The van der Waals surface area contributed by atoms with Crippen molar-refractivity contribution in [2.24, 2.45) is 0 Å². The summed E-state index contributed by atoms with van der Waals surface area (Å²) in [6.45, 7) is 9.23. The Kier molecular flexibility index (Phi) is 16.1. The predicted octanol–water partition coefficient (Wildman–Crippen LogP) is 9.13. The van der Waals surface area contributed by atoms with E-state index in [0.29, 0.717) is 0 Å². The minimum absolute atomic E-state index is 1.28. The molecule has 0 aromatic rings. The van der Waals surface area contributed by atoms with E-state index in [0.717, 1.165) is 0 Å². The second-order valence-electron chi connectivity index (χ2n) is 6.18. The van der Waals surface area contributed by atoms with Gasteiger partial charge in [0.15, 0.2) is 0 Å². The van der Waals surface area contributed by atoms with Crippen LogP contribution in [0, 0.1) is 0 Å². The normalized spacial score (nSPS) is 13.9. The van der Waals surface area contributed by atoms with Gasteiger partial charge in [0.25, 0.3) is 0 Å². The highest BCUT2D eigenvalue weighted by atomic mass is 127. The van der Waals surface area contributed by atoms with Gasteiger partial charge in [0.1, 0.15) is 0 Å². The van der Waals surface area contributed by atoms with Crippen molar-refractivity contribution in [3.05, 3.63) is 18.3 Å². The third kappa shape index (κ3) is 9.94. The molecule has 2 heteroatoms. The fourth-order valence-electron chi connectivity index (χ4n) is 2.57. The average Bonchev–Trinajstić information content (AvgIpc) is 2.53. The van der Waals surface area contributed by atoms with Crippen molar-refractivity contribution >= 4 is 45.2 Å². The van der Waals surface area contributed by atoms with Crippen LogP contribution in [0.4, 0.5) is 0 Å². The summed E-state index contributed by atoms with van der Waals surface area (Å²) in [5.74, 6) is 0. The molecule has 0 bridgehead atoms. The first-order valence-corrected chi connectivity index (χ1v) is 11.5. The number of unbranched alkanes of at least 4 members (excludes halogenated alkanes) is 4. The Labute approximate surface area is 167 Å². The van der Waals surface area contributed by atoms with Gasteiger partial charge in [-0.2, -0.15) is 0 Å². The van der Waals surface area contributed by atoms with Crippen LogP contribution in [0.15, 0.2) is 18.3 Å². The van der Waals surface area contributed by atoms with E-state index < -0.39 is 0 Å². The minimum Gasteiger partial charge on any atom is -0.0654 e. The van der Waals surface area contributed by atoms with Crippen LogP contribution in [0.2, 0.25) is 0 Å². The Morgan fingerprint density at radius 3 is 1.05 bits per heavy atom. The van der Waals surface area contributed by atoms with Crippen LogP contribution in [0.1, 0.15) is 105 Å². The molecule has 0 saturated carbocycles. The zero-order valence-corrected chi connectivity index (χ0v) is 19.6. The Balaban J connectivity index is 5.40. The van der Waals surface area contributed by atoms with Gasteiger partial charge in [-0.1, -0.05) is 53.4 Å². The molecule has 0 fully saturated rings. The van der Waals surface area contributed by atoms with Crippen molar-refractivity contribution in [2.75, 3.05) is 0 Å². The monoisotopic (exact) mass is 530 g/mol.